The van der Waals surface area contributed by atoms with Crippen LogP contribution in [0.15, 0.2) is 12.1 Å². The Kier molecular flexibility index (Phi) is 6.78. The average Bonchev–Trinajstić information content (AvgIpc) is 2.44. The first-order valence-electron chi connectivity index (χ1n) is 6.76. The highest BCUT2D eigenvalue weighted by molar-refractivity contribution is 6.32. The summed E-state index contributed by atoms with van der Waals surface area (Å²) in [5.41, 5.74) is 0.361. The van der Waals surface area contributed by atoms with E-state index in [-0.39, 0.29) is 18.6 Å². The van der Waals surface area contributed by atoms with Crippen molar-refractivity contribution in [2.24, 2.45) is 5.92 Å². The molecule has 1 aromatic rings. The number of ether oxygens (including phenoxy) is 2. The number of hydrogen-bond donors (Lipinski definition) is 2. The van der Waals surface area contributed by atoms with Crippen molar-refractivity contribution >= 4 is 17.5 Å². The molecule has 0 aromatic heterocycles. The van der Waals surface area contributed by atoms with Gasteiger partial charge in [-0.2, -0.15) is 0 Å². The Labute approximate surface area is 130 Å². The van der Waals surface area contributed by atoms with Gasteiger partial charge in [-0.25, -0.2) is 0 Å². The molecule has 1 unspecified atom stereocenters. The third kappa shape index (κ3) is 4.79. The topological polar surface area (TPSA) is 67.8 Å². The van der Waals surface area contributed by atoms with Gasteiger partial charge < -0.3 is 19.9 Å². The fourth-order valence-corrected chi connectivity index (χ4v) is 2.35. The zero-order chi connectivity index (χ0) is 16.0. The summed E-state index contributed by atoms with van der Waals surface area (Å²) in [7, 11) is 2.96. The molecule has 118 valence electrons. The Morgan fingerprint density at radius 3 is 2.48 bits per heavy atom. The van der Waals surface area contributed by atoms with E-state index in [4.69, 9.17) is 21.1 Å². The molecule has 0 radical (unpaired) electrons. The number of amides is 1. The smallest absolute Gasteiger partial charge is 0.251 e. The van der Waals surface area contributed by atoms with E-state index in [9.17, 15) is 9.90 Å². The van der Waals surface area contributed by atoms with E-state index in [0.29, 0.717) is 34.4 Å². The van der Waals surface area contributed by atoms with Gasteiger partial charge >= 0.3 is 0 Å². The monoisotopic (exact) mass is 315 g/mol. The molecule has 0 spiro atoms. The van der Waals surface area contributed by atoms with E-state index in [2.05, 4.69) is 5.32 Å². The number of aliphatic hydroxyl groups excluding tert-OH is 1. The molecular formula is C15H22ClNO4. The zero-order valence-corrected chi connectivity index (χ0v) is 13.5. The van der Waals surface area contributed by atoms with Crippen molar-refractivity contribution in [3.05, 3.63) is 22.7 Å². The van der Waals surface area contributed by atoms with Crippen molar-refractivity contribution in [2.45, 2.75) is 26.3 Å². The predicted octanol–water partition coefficient (Wildman–Crippen LogP) is 2.49. The molecule has 1 aromatic carbocycles. The molecule has 1 rings (SSSR count). The largest absolute Gasteiger partial charge is 0.493 e. The van der Waals surface area contributed by atoms with Gasteiger partial charge in [-0.1, -0.05) is 25.4 Å². The van der Waals surface area contributed by atoms with Gasteiger partial charge in [0, 0.05) is 5.56 Å². The first kappa shape index (κ1) is 17.6. The molecule has 0 aliphatic rings. The first-order chi connectivity index (χ1) is 9.92. The van der Waals surface area contributed by atoms with Crippen LogP contribution in [0.2, 0.25) is 5.02 Å². The SMILES string of the molecule is COc1cc(C(=O)NC(CO)CC(C)C)cc(Cl)c1OC. The molecule has 5 nitrogen and oxygen atoms in total. The minimum atomic E-state index is -0.308. The molecule has 2 N–H and O–H groups in total. The maximum absolute atomic E-state index is 12.2. The summed E-state index contributed by atoms with van der Waals surface area (Å²) in [6, 6.07) is 2.79. The minimum absolute atomic E-state index is 0.106. The van der Waals surface area contributed by atoms with Crippen LogP contribution in [-0.4, -0.2) is 37.9 Å². The molecule has 0 saturated carbocycles. The number of hydrogen-bond acceptors (Lipinski definition) is 4. The molecule has 0 bridgehead atoms. The number of halogens is 1. The van der Waals surface area contributed by atoms with E-state index in [1.807, 2.05) is 13.8 Å². The molecule has 0 heterocycles. The van der Waals surface area contributed by atoms with E-state index < -0.39 is 0 Å². The number of nitrogens with one attached hydrogen (secondary N) is 1. The van der Waals surface area contributed by atoms with Crippen molar-refractivity contribution in [3.63, 3.8) is 0 Å². The number of rotatable bonds is 7. The summed E-state index contributed by atoms with van der Waals surface area (Å²) in [5, 5.41) is 12.4. The molecule has 0 fully saturated rings. The summed E-state index contributed by atoms with van der Waals surface area (Å²) in [5.74, 6) is 0.838. The van der Waals surface area contributed by atoms with Gasteiger partial charge in [-0.15, -0.1) is 0 Å². The highest BCUT2D eigenvalue weighted by Crippen LogP contribution is 2.35. The maximum Gasteiger partial charge on any atom is 0.251 e. The van der Waals surface area contributed by atoms with Gasteiger partial charge in [0.1, 0.15) is 0 Å². The van der Waals surface area contributed by atoms with Crippen LogP contribution in [0.4, 0.5) is 0 Å². The van der Waals surface area contributed by atoms with Crippen molar-refractivity contribution in [2.75, 3.05) is 20.8 Å². The quantitative estimate of drug-likeness (QED) is 0.811. The second-order valence-corrected chi connectivity index (χ2v) is 5.58. The van der Waals surface area contributed by atoms with Crippen LogP contribution in [0.25, 0.3) is 0 Å². The summed E-state index contributed by atoms with van der Waals surface area (Å²) in [4.78, 5) is 12.2. The van der Waals surface area contributed by atoms with Gasteiger partial charge in [0.25, 0.3) is 5.91 Å². The Balaban J connectivity index is 2.94. The number of carbonyl (C=O) groups is 1. The van der Waals surface area contributed by atoms with E-state index >= 15 is 0 Å². The molecule has 21 heavy (non-hydrogen) atoms. The Morgan fingerprint density at radius 2 is 2.00 bits per heavy atom. The Hall–Kier alpha value is -1.46. The van der Waals surface area contributed by atoms with Gasteiger partial charge in [-0.05, 0) is 24.5 Å². The minimum Gasteiger partial charge on any atom is -0.493 e. The average molecular weight is 316 g/mol. The third-order valence-corrected chi connectivity index (χ3v) is 3.29. The number of benzene rings is 1. The van der Waals surface area contributed by atoms with Gasteiger partial charge in [0.15, 0.2) is 11.5 Å². The summed E-state index contributed by atoms with van der Waals surface area (Å²) in [6.45, 7) is 3.95. The summed E-state index contributed by atoms with van der Waals surface area (Å²) < 4.78 is 10.3. The van der Waals surface area contributed by atoms with Crippen LogP contribution < -0.4 is 14.8 Å². The van der Waals surface area contributed by atoms with Crippen LogP contribution in [0.1, 0.15) is 30.6 Å². The molecule has 6 heteroatoms. The Bertz CT molecular complexity index is 491. The number of aliphatic hydroxyl groups is 1. The van der Waals surface area contributed by atoms with Crippen LogP contribution in [0, 0.1) is 5.92 Å². The Morgan fingerprint density at radius 1 is 1.33 bits per heavy atom. The number of methoxy groups -OCH3 is 2. The molecule has 0 aliphatic carbocycles. The van der Waals surface area contributed by atoms with Crippen molar-refractivity contribution < 1.29 is 19.4 Å². The lowest BCUT2D eigenvalue weighted by Gasteiger charge is -2.19. The van der Waals surface area contributed by atoms with Gasteiger partial charge in [0.05, 0.1) is 31.9 Å². The second-order valence-electron chi connectivity index (χ2n) is 5.18. The van der Waals surface area contributed by atoms with Gasteiger partial charge in [-0.3, -0.25) is 4.79 Å². The second kappa shape index (κ2) is 8.10. The van der Waals surface area contributed by atoms with Crippen LogP contribution in [-0.2, 0) is 0 Å². The fourth-order valence-electron chi connectivity index (χ4n) is 2.07. The highest BCUT2D eigenvalue weighted by atomic mass is 35.5. The lowest BCUT2D eigenvalue weighted by atomic mass is 10.0. The molecule has 1 amide bonds. The third-order valence-electron chi connectivity index (χ3n) is 3.01. The zero-order valence-electron chi connectivity index (χ0n) is 12.8. The van der Waals surface area contributed by atoms with Crippen LogP contribution >= 0.6 is 11.6 Å². The van der Waals surface area contributed by atoms with E-state index in [1.54, 1.807) is 6.07 Å². The molecule has 1 atom stereocenters. The normalized spacial score (nSPS) is 12.1. The summed E-state index contributed by atoms with van der Waals surface area (Å²) >= 11 is 6.08. The summed E-state index contributed by atoms with van der Waals surface area (Å²) in [6.07, 6.45) is 0.698. The van der Waals surface area contributed by atoms with E-state index in [1.165, 1.54) is 20.3 Å². The number of carbonyl (C=O) groups excluding carboxylic acids is 1. The van der Waals surface area contributed by atoms with Gasteiger partial charge in [0.2, 0.25) is 0 Å². The van der Waals surface area contributed by atoms with Crippen LogP contribution in [0.5, 0.6) is 11.5 Å². The van der Waals surface area contributed by atoms with Crippen molar-refractivity contribution in [1.29, 1.82) is 0 Å². The standard InChI is InChI=1S/C15H22ClNO4/c1-9(2)5-11(8-18)17-15(19)10-6-12(16)14(21-4)13(7-10)20-3/h6-7,9,11,18H,5,8H2,1-4H3,(H,17,19). The van der Waals surface area contributed by atoms with Crippen molar-refractivity contribution in [1.82, 2.24) is 5.32 Å². The van der Waals surface area contributed by atoms with E-state index in [0.717, 1.165) is 0 Å². The van der Waals surface area contributed by atoms with Crippen molar-refractivity contribution in [3.8, 4) is 11.5 Å². The first-order valence-corrected chi connectivity index (χ1v) is 7.13. The molecule has 0 saturated heterocycles. The maximum atomic E-state index is 12.2. The predicted molar refractivity (Wildman–Crippen MR) is 82.4 cm³/mol. The lowest BCUT2D eigenvalue weighted by Crippen LogP contribution is -2.38. The fraction of sp³-hybridized carbons (Fsp3) is 0.533. The van der Waals surface area contributed by atoms with Crippen LogP contribution in [0.3, 0.4) is 0 Å². The highest BCUT2D eigenvalue weighted by Gasteiger charge is 2.18. The molecule has 0 aliphatic heterocycles. The lowest BCUT2D eigenvalue weighted by molar-refractivity contribution is 0.0908. The molecular weight excluding hydrogens is 294 g/mol.